The summed E-state index contributed by atoms with van der Waals surface area (Å²) >= 11 is 1.44. The Morgan fingerprint density at radius 2 is 1.85 bits per heavy atom. The zero-order valence-corrected chi connectivity index (χ0v) is 16.2. The van der Waals surface area contributed by atoms with Crippen molar-refractivity contribution in [3.63, 3.8) is 0 Å². The maximum atomic E-state index is 12.1. The lowest BCUT2D eigenvalue weighted by Crippen LogP contribution is -2.28. The molecule has 0 aliphatic heterocycles. The smallest absolute Gasteiger partial charge is 0.348 e. The number of carbonyl (C=O) groups excluding carboxylic acids is 2. The Labute approximate surface area is 161 Å². The van der Waals surface area contributed by atoms with E-state index in [4.69, 9.17) is 9.88 Å². The van der Waals surface area contributed by atoms with Crippen molar-refractivity contribution in [1.82, 2.24) is 5.32 Å². The first-order chi connectivity index (χ1) is 12.8. The molecule has 0 unspecified atom stereocenters. The highest BCUT2D eigenvalue weighted by atomic mass is 32.2. The highest BCUT2D eigenvalue weighted by Gasteiger charge is 2.18. The first-order valence-electron chi connectivity index (χ1n) is 8.50. The number of carbonyl (C=O) groups is 2. The van der Waals surface area contributed by atoms with Crippen LogP contribution in [0.2, 0.25) is 0 Å². The minimum atomic E-state index is -3.74. The minimum Gasteiger partial charge on any atom is -0.451 e. The number of rotatable bonds is 6. The monoisotopic (exact) mass is 408 g/mol. The zero-order chi connectivity index (χ0) is 19.4. The maximum Gasteiger partial charge on any atom is 0.348 e. The molecular weight excluding hydrogens is 388 g/mol. The number of amides is 1. The molecule has 1 aliphatic carbocycles. The van der Waals surface area contributed by atoms with Crippen LogP contribution in [0.4, 0.5) is 0 Å². The largest absolute Gasteiger partial charge is 0.451 e. The second kappa shape index (κ2) is 8.20. The van der Waals surface area contributed by atoms with Crippen molar-refractivity contribution in [1.29, 1.82) is 0 Å². The highest BCUT2D eigenvalue weighted by Crippen LogP contribution is 2.29. The van der Waals surface area contributed by atoms with Gasteiger partial charge in [0.15, 0.2) is 6.61 Å². The average molecular weight is 409 g/mol. The number of ether oxygens (including phenoxy) is 1. The van der Waals surface area contributed by atoms with Gasteiger partial charge in [0.1, 0.15) is 4.88 Å². The fourth-order valence-electron chi connectivity index (χ4n) is 2.84. The van der Waals surface area contributed by atoms with Crippen molar-refractivity contribution in [3.05, 3.63) is 51.2 Å². The van der Waals surface area contributed by atoms with Gasteiger partial charge in [0, 0.05) is 11.4 Å². The van der Waals surface area contributed by atoms with Gasteiger partial charge in [0.05, 0.1) is 4.90 Å². The number of aryl methyl sites for hydroxylation is 2. The summed E-state index contributed by atoms with van der Waals surface area (Å²) in [6, 6.07) is 7.72. The highest BCUT2D eigenvalue weighted by molar-refractivity contribution is 7.89. The van der Waals surface area contributed by atoms with Crippen molar-refractivity contribution in [2.45, 2.75) is 37.1 Å². The molecule has 144 valence electrons. The van der Waals surface area contributed by atoms with E-state index in [9.17, 15) is 18.0 Å². The first kappa shape index (κ1) is 19.5. The summed E-state index contributed by atoms with van der Waals surface area (Å²) in [5, 5.41) is 7.65. The van der Waals surface area contributed by atoms with Gasteiger partial charge in [-0.15, -0.1) is 11.3 Å². The quantitative estimate of drug-likeness (QED) is 0.707. The number of benzene rings is 1. The molecule has 1 amide bonds. The predicted molar refractivity (Wildman–Crippen MR) is 101 cm³/mol. The number of esters is 1. The van der Waals surface area contributed by atoms with Gasteiger partial charge in [-0.1, -0.05) is 12.1 Å². The molecule has 3 N–H and O–H groups in total. The molecule has 27 heavy (non-hydrogen) atoms. The molecule has 0 saturated carbocycles. The molecule has 0 spiro atoms. The van der Waals surface area contributed by atoms with Crippen LogP contribution in [0, 0.1) is 0 Å². The molecule has 0 bridgehead atoms. The molecule has 3 rings (SSSR count). The molecule has 0 fully saturated rings. The normalized spacial score (nSPS) is 13.7. The Balaban J connectivity index is 1.47. The fraction of sp³-hybridized carbons (Fsp3) is 0.333. The second-order valence-electron chi connectivity index (χ2n) is 6.31. The van der Waals surface area contributed by atoms with Crippen LogP contribution in [0.15, 0.2) is 35.2 Å². The Bertz CT molecular complexity index is 925. The van der Waals surface area contributed by atoms with Gasteiger partial charge in [-0.2, -0.15) is 0 Å². The average Bonchev–Trinajstić information content (AvgIpc) is 3.08. The van der Waals surface area contributed by atoms with E-state index in [0.29, 0.717) is 10.4 Å². The van der Waals surface area contributed by atoms with Crippen molar-refractivity contribution in [2.75, 3.05) is 6.61 Å². The van der Waals surface area contributed by atoms with Gasteiger partial charge >= 0.3 is 5.97 Å². The van der Waals surface area contributed by atoms with Crippen molar-refractivity contribution >= 4 is 33.2 Å². The van der Waals surface area contributed by atoms with Crippen LogP contribution in [0.25, 0.3) is 0 Å². The van der Waals surface area contributed by atoms with E-state index in [2.05, 4.69) is 5.32 Å². The zero-order valence-electron chi connectivity index (χ0n) is 14.6. The van der Waals surface area contributed by atoms with Gasteiger partial charge in [-0.05, 0) is 55.0 Å². The number of thiophene rings is 1. The third-order valence-corrected chi connectivity index (χ3v) is 6.42. The van der Waals surface area contributed by atoms with Crippen LogP contribution in [0.1, 0.15) is 38.5 Å². The third kappa shape index (κ3) is 5.15. The van der Waals surface area contributed by atoms with Gasteiger partial charge < -0.3 is 10.1 Å². The minimum absolute atomic E-state index is 0.00477. The van der Waals surface area contributed by atoms with E-state index in [1.165, 1.54) is 33.9 Å². The molecule has 0 saturated heterocycles. The summed E-state index contributed by atoms with van der Waals surface area (Å²) in [7, 11) is -3.74. The Morgan fingerprint density at radius 1 is 1.15 bits per heavy atom. The topological polar surface area (TPSA) is 116 Å². The Morgan fingerprint density at radius 3 is 2.52 bits per heavy atom. The van der Waals surface area contributed by atoms with Crippen LogP contribution in [-0.2, 0) is 38.9 Å². The van der Waals surface area contributed by atoms with E-state index in [1.807, 2.05) is 6.07 Å². The summed E-state index contributed by atoms with van der Waals surface area (Å²) in [6.07, 6.45) is 4.27. The summed E-state index contributed by atoms with van der Waals surface area (Å²) in [6.45, 7) is -0.175. The molecule has 0 radical (unpaired) electrons. The molecule has 1 heterocycles. The summed E-state index contributed by atoms with van der Waals surface area (Å²) in [5.74, 6) is -0.915. The summed E-state index contributed by atoms with van der Waals surface area (Å²) < 4.78 is 27.5. The van der Waals surface area contributed by atoms with Crippen LogP contribution in [-0.4, -0.2) is 26.9 Å². The SMILES string of the molecule is NS(=O)(=O)c1ccc(CNC(=O)COC(=O)c2cc3c(s2)CCCC3)cc1. The molecule has 1 aromatic carbocycles. The van der Waals surface area contributed by atoms with Gasteiger partial charge in [0.2, 0.25) is 10.0 Å². The predicted octanol–water partition coefficient (Wildman–Crippen LogP) is 1.75. The molecule has 9 heteroatoms. The lowest BCUT2D eigenvalue weighted by atomic mass is 9.99. The van der Waals surface area contributed by atoms with Crippen LogP contribution >= 0.6 is 11.3 Å². The number of hydrogen-bond acceptors (Lipinski definition) is 6. The molecular formula is C18H20N2O5S2. The van der Waals surface area contributed by atoms with E-state index >= 15 is 0 Å². The number of sulfonamides is 1. The van der Waals surface area contributed by atoms with Crippen LogP contribution in [0.3, 0.4) is 0 Å². The number of fused-ring (bicyclic) bond motifs is 1. The molecule has 1 aliphatic rings. The summed E-state index contributed by atoms with van der Waals surface area (Å²) in [5.41, 5.74) is 1.92. The fourth-order valence-corrected chi connectivity index (χ4v) is 4.50. The number of nitrogens with one attached hydrogen (secondary N) is 1. The van der Waals surface area contributed by atoms with Gasteiger partial charge in [-0.25, -0.2) is 18.4 Å². The number of hydrogen-bond donors (Lipinski definition) is 2. The molecule has 1 aromatic heterocycles. The lowest BCUT2D eigenvalue weighted by Gasteiger charge is -2.08. The van der Waals surface area contributed by atoms with Gasteiger partial charge in [0.25, 0.3) is 5.91 Å². The number of primary sulfonamides is 1. The first-order valence-corrected chi connectivity index (χ1v) is 10.9. The van der Waals surface area contributed by atoms with E-state index in [0.717, 1.165) is 25.7 Å². The van der Waals surface area contributed by atoms with Gasteiger partial charge in [-0.3, -0.25) is 4.79 Å². The third-order valence-electron chi connectivity index (χ3n) is 4.27. The Kier molecular flexibility index (Phi) is 5.93. The van der Waals surface area contributed by atoms with Crippen LogP contribution in [0.5, 0.6) is 0 Å². The van der Waals surface area contributed by atoms with Crippen molar-refractivity contribution < 1.29 is 22.7 Å². The second-order valence-corrected chi connectivity index (χ2v) is 9.01. The van der Waals surface area contributed by atoms with E-state index in [-0.39, 0.29) is 18.0 Å². The van der Waals surface area contributed by atoms with E-state index < -0.39 is 21.9 Å². The Hall–Kier alpha value is -2.23. The molecule has 7 nitrogen and oxygen atoms in total. The number of nitrogens with two attached hydrogens (primary N) is 1. The standard InChI is InChI=1S/C18H20N2O5S2/c19-27(23,24)14-7-5-12(6-8-14)10-20-17(21)11-25-18(22)16-9-13-3-1-2-4-15(13)26-16/h5-9H,1-4,10-11H2,(H,20,21)(H2,19,23,24). The van der Waals surface area contributed by atoms with Crippen LogP contribution < -0.4 is 10.5 Å². The summed E-state index contributed by atoms with van der Waals surface area (Å²) in [4.78, 5) is 25.8. The lowest BCUT2D eigenvalue weighted by molar-refractivity contribution is -0.124. The van der Waals surface area contributed by atoms with Crippen molar-refractivity contribution in [2.24, 2.45) is 5.14 Å². The molecule has 2 aromatic rings. The van der Waals surface area contributed by atoms with E-state index in [1.54, 1.807) is 12.1 Å². The van der Waals surface area contributed by atoms with Crippen molar-refractivity contribution in [3.8, 4) is 0 Å². The maximum absolute atomic E-state index is 12.1. The molecule has 0 atom stereocenters.